The predicted octanol–water partition coefficient (Wildman–Crippen LogP) is 1.21. The molecular formula is C11H12B3O3. The summed E-state index contributed by atoms with van der Waals surface area (Å²) in [5.74, 6) is -0.0682. The Balaban J connectivity index is 2.07. The predicted molar refractivity (Wildman–Crippen MR) is 70.7 cm³/mol. The molecule has 1 saturated heterocycles. The average molecular weight is 225 g/mol. The molecule has 1 heterocycles. The van der Waals surface area contributed by atoms with Crippen LogP contribution in [0.4, 0.5) is 0 Å². The van der Waals surface area contributed by atoms with E-state index < -0.39 is 14.2 Å². The molecule has 17 heavy (non-hydrogen) atoms. The molecule has 1 aromatic carbocycles. The van der Waals surface area contributed by atoms with Gasteiger partial charge in [-0.3, -0.25) is 0 Å². The van der Waals surface area contributed by atoms with Crippen molar-refractivity contribution in [3.63, 3.8) is 0 Å². The van der Waals surface area contributed by atoms with E-state index in [-0.39, 0.29) is 5.82 Å². The maximum Gasteiger partial charge on any atom is 0.466 e. The fraction of sp³-hybridized carbons (Fsp3) is 0.0909. The summed E-state index contributed by atoms with van der Waals surface area (Å²) in [5, 5.41) is 0. The molecule has 1 aromatic rings. The van der Waals surface area contributed by atoms with E-state index in [9.17, 15) is 0 Å². The van der Waals surface area contributed by atoms with E-state index >= 15 is 0 Å². The molecule has 1 aliphatic heterocycles. The second kappa shape index (κ2) is 5.91. The molecule has 1 fully saturated rings. The molecule has 0 N–H and O–H groups in total. The highest BCUT2D eigenvalue weighted by Crippen LogP contribution is 2.18. The van der Waals surface area contributed by atoms with Gasteiger partial charge < -0.3 is 13.7 Å². The van der Waals surface area contributed by atoms with Crippen molar-refractivity contribution < 1.29 is 13.7 Å². The summed E-state index contributed by atoms with van der Waals surface area (Å²) in [4.78, 5) is 0. The standard InChI is InChI=1S/C11H12B3O3/c1-3-10(4-2)13-15-12-16-14(17-13)11-8-6-5-7-9-11/h3-10H,1-2H2. The van der Waals surface area contributed by atoms with Gasteiger partial charge in [0.15, 0.2) is 0 Å². The van der Waals surface area contributed by atoms with Crippen LogP contribution in [0.1, 0.15) is 0 Å². The molecule has 3 nitrogen and oxygen atoms in total. The summed E-state index contributed by atoms with van der Waals surface area (Å²) in [5.41, 5.74) is 0.948. The molecule has 2 rings (SSSR count). The Bertz CT molecular complexity index is 377. The summed E-state index contributed by atoms with van der Waals surface area (Å²) >= 11 is 0. The van der Waals surface area contributed by atoms with Crippen LogP contribution in [0.5, 0.6) is 0 Å². The molecule has 1 aliphatic rings. The van der Waals surface area contributed by atoms with Crippen molar-refractivity contribution in [3.8, 4) is 0 Å². The Morgan fingerprint density at radius 1 is 1.12 bits per heavy atom. The maximum absolute atomic E-state index is 5.70. The first-order chi connectivity index (χ1) is 8.35. The van der Waals surface area contributed by atoms with E-state index in [0.29, 0.717) is 0 Å². The molecule has 0 atom stereocenters. The number of hydrogen-bond acceptors (Lipinski definition) is 3. The molecular weight excluding hydrogens is 213 g/mol. The smallest absolute Gasteiger partial charge is 0.454 e. The fourth-order valence-electron chi connectivity index (χ4n) is 1.59. The van der Waals surface area contributed by atoms with Crippen molar-refractivity contribution in [2.45, 2.75) is 5.82 Å². The van der Waals surface area contributed by atoms with Gasteiger partial charge >= 0.3 is 21.9 Å². The van der Waals surface area contributed by atoms with E-state index in [1.54, 1.807) is 12.2 Å². The van der Waals surface area contributed by atoms with Crippen molar-refractivity contribution in [2.75, 3.05) is 0 Å². The minimum Gasteiger partial charge on any atom is -0.454 e. The average Bonchev–Trinajstić information content (AvgIpc) is 2.42. The van der Waals surface area contributed by atoms with Crippen LogP contribution in [0.2, 0.25) is 5.82 Å². The lowest BCUT2D eigenvalue weighted by atomic mass is 9.64. The van der Waals surface area contributed by atoms with Crippen LogP contribution in [0.25, 0.3) is 0 Å². The largest absolute Gasteiger partial charge is 0.466 e. The zero-order valence-electron chi connectivity index (χ0n) is 9.49. The van der Waals surface area contributed by atoms with E-state index in [2.05, 4.69) is 13.2 Å². The first kappa shape index (κ1) is 12.2. The third-order valence-electron chi connectivity index (χ3n) is 2.56. The van der Waals surface area contributed by atoms with Gasteiger partial charge in [-0.15, -0.1) is 13.2 Å². The Kier molecular flexibility index (Phi) is 4.26. The third kappa shape index (κ3) is 2.91. The van der Waals surface area contributed by atoms with Gasteiger partial charge in [-0.1, -0.05) is 42.5 Å². The molecule has 0 unspecified atom stereocenters. The fourth-order valence-corrected chi connectivity index (χ4v) is 1.59. The van der Waals surface area contributed by atoms with Gasteiger partial charge in [-0.05, 0) is 5.46 Å². The molecule has 0 spiro atoms. The molecule has 0 aromatic heterocycles. The van der Waals surface area contributed by atoms with Crippen LogP contribution in [-0.4, -0.2) is 21.9 Å². The number of hydrogen-bond donors (Lipinski definition) is 0. The zero-order valence-corrected chi connectivity index (χ0v) is 9.49. The quantitative estimate of drug-likeness (QED) is 0.569. The zero-order chi connectivity index (χ0) is 12.1. The van der Waals surface area contributed by atoms with Gasteiger partial charge in [0.1, 0.15) is 0 Å². The second-order valence-electron chi connectivity index (χ2n) is 3.66. The molecule has 0 bridgehead atoms. The molecule has 83 valence electrons. The highest BCUT2D eigenvalue weighted by molar-refractivity contribution is 6.76. The van der Waals surface area contributed by atoms with E-state index in [4.69, 9.17) is 13.7 Å². The normalized spacial score (nSPS) is 15.6. The summed E-state index contributed by atoms with van der Waals surface area (Å²) in [6, 6.07) is 9.70. The van der Waals surface area contributed by atoms with E-state index in [1.165, 1.54) is 7.69 Å². The molecule has 0 aliphatic carbocycles. The van der Waals surface area contributed by atoms with Crippen molar-refractivity contribution >= 4 is 27.4 Å². The monoisotopic (exact) mass is 225 g/mol. The number of benzene rings is 1. The Hall–Kier alpha value is -1.23. The third-order valence-corrected chi connectivity index (χ3v) is 2.56. The second-order valence-corrected chi connectivity index (χ2v) is 3.66. The summed E-state index contributed by atoms with van der Waals surface area (Å²) in [6.45, 7) is 7.44. The van der Waals surface area contributed by atoms with Crippen LogP contribution in [0.15, 0.2) is 55.6 Å². The summed E-state index contributed by atoms with van der Waals surface area (Å²) < 4.78 is 16.3. The lowest BCUT2D eigenvalue weighted by Gasteiger charge is -2.28. The van der Waals surface area contributed by atoms with E-state index in [1.807, 2.05) is 30.3 Å². The van der Waals surface area contributed by atoms with Gasteiger partial charge in [-0.25, -0.2) is 0 Å². The minimum absolute atomic E-state index is 0.0682. The van der Waals surface area contributed by atoms with Crippen LogP contribution >= 0.6 is 0 Å². The lowest BCUT2D eigenvalue weighted by Crippen LogP contribution is -2.50. The molecule has 0 saturated carbocycles. The molecule has 0 amide bonds. The highest BCUT2D eigenvalue weighted by atomic mass is 16.7. The summed E-state index contributed by atoms with van der Waals surface area (Å²) in [6.07, 6.45) is 3.47. The Morgan fingerprint density at radius 2 is 1.82 bits per heavy atom. The lowest BCUT2D eigenvalue weighted by molar-refractivity contribution is 0.308. The van der Waals surface area contributed by atoms with E-state index in [0.717, 1.165) is 5.46 Å². The van der Waals surface area contributed by atoms with Gasteiger partial charge in [0.05, 0.1) is 0 Å². The highest BCUT2D eigenvalue weighted by Gasteiger charge is 2.37. The topological polar surface area (TPSA) is 27.7 Å². The van der Waals surface area contributed by atoms with Crippen LogP contribution < -0.4 is 5.46 Å². The molecule has 1 radical (unpaired) electrons. The minimum atomic E-state index is -0.447. The van der Waals surface area contributed by atoms with Crippen LogP contribution in [0, 0.1) is 0 Å². The van der Waals surface area contributed by atoms with Gasteiger partial charge in [0, 0.05) is 5.82 Å². The first-order valence-electron chi connectivity index (χ1n) is 5.43. The van der Waals surface area contributed by atoms with Crippen LogP contribution in [-0.2, 0) is 13.7 Å². The number of allylic oxidation sites excluding steroid dienone is 2. The van der Waals surface area contributed by atoms with Gasteiger partial charge in [0.25, 0.3) is 0 Å². The van der Waals surface area contributed by atoms with Crippen molar-refractivity contribution in [2.24, 2.45) is 0 Å². The molecule has 6 heteroatoms. The van der Waals surface area contributed by atoms with Crippen molar-refractivity contribution in [1.29, 1.82) is 0 Å². The first-order valence-corrected chi connectivity index (χ1v) is 5.43. The van der Waals surface area contributed by atoms with Crippen molar-refractivity contribution in [3.05, 3.63) is 55.6 Å². The summed E-state index contributed by atoms with van der Waals surface area (Å²) in [7, 11) is 0.424. The Morgan fingerprint density at radius 3 is 2.47 bits per heavy atom. The number of rotatable bonds is 4. The SMILES string of the molecule is C=CC(C=C)B1O[B]OB(c2ccccc2)O1. The van der Waals surface area contributed by atoms with Gasteiger partial charge in [0.2, 0.25) is 0 Å². The maximum atomic E-state index is 5.70. The van der Waals surface area contributed by atoms with Crippen LogP contribution in [0.3, 0.4) is 0 Å². The Labute approximate surface area is 103 Å². The van der Waals surface area contributed by atoms with Crippen molar-refractivity contribution in [1.82, 2.24) is 0 Å². The van der Waals surface area contributed by atoms with Gasteiger partial charge in [-0.2, -0.15) is 0 Å².